The molecule has 1 aliphatic rings. The third-order valence-corrected chi connectivity index (χ3v) is 7.92. The van der Waals surface area contributed by atoms with Crippen molar-refractivity contribution in [1.82, 2.24) is 30.2 Å². The van der Waals surface area contributed by atoms with Crippen LogP contribution < -0.4 is 5.32 Å². The van der Waals surface area contributed by atoms with Crippen molar-refractivity contribution in [3.8, 4) is 11.3 Å². The number of amides is 1. The summed E-state index contributed by atoms with van der Waals surface area (Å²) in [6.07, 6.45) is 9.73. The summed E-state index contributed by atoms with van der Waals surface area (Å²) in [5.41, 5.74) is 5.97. The Hall–Kier alpha value is -4.40. The van der Waals surface area contributed by atoms with Gasteiger partial charge in [0.25, 0.3) is 5.91 Å². The molecular formula is C33H30ClFN6O. The SMILES string of the molecule is O=C(NCc1ccc(CN(Cc2nc(-c3ccccc3F)c[nH]2)C2CCCc3cccnc32)cc1)c1ccncc1Cl. The number of benzene rings is 2. The Kier molecular flexibility index (Phi) is 8.35. The number of carbonyl (C=O) groups excluding carboxylic acids is 1. The van der Waals surface area contributed by atoms with E-state index in [0.717, 1.165) is 41.9 Å². The summed E-state index contributed by atoms with van der Waals surface area (Å²) in [7, 11) is 0. The molecule has 0 bridgehead atoms. The minimum absolute atomic E-state index is 0.126. The van der Waals surface area contributed by atoms with Gasteiger partial charge in [-0.3, -0.25) is 19.7 Å². The second kappa shape index (κ2) is 12.6. The second-order valence-electron chi connectivity index (χ2n) is 10.4. The number of nitrogens with zero attached hydrogens (tertiary/aromatic N) is 4. The molecule has 0 saturated carbocycles. The maximum atomic E-state index is 14.4. The van der Waals surface area contributed by atoms with E-state index in [9.17, 15) is 9.18 Å². The van der Waals surface area contributed by atoms with Gasteiger partial charge in [0.05, 0.1) is 34.6 Å². The van der Waals surface area contributed by atoms with Crippen molar-refractivity contribution < 1.29 is 9.18 Å². The van der Waals surface area contributed by atoms with E-state index in [1.54, 1.807) is 30.6 Å². The Balaban J connectivity index is 1.20. The molecule has 3 aromatic heterocycles. The van der Waals surface area contributed by atoms with E-state index in [1.807, 2.05) is 30.5 Å². The van der Waals surface area contributed by atoms with Crippen LogP contribution in [0.1, 0.15) is 57.5 Å². The molecule has 7 nitrogen and oxygen atoms in total. The van der Waals surface area contributed by atoms with Crippen LogP contribution in [0.3, 0.4) is 0 Å². The molecule has 3 heterocycles. The standard InChI is InChI=1S/C33H30ClFN6O/c34-27-18-36-16-14-25(27)33(42)39-17-22-10-12-23(13-11-22)20-41(30-9-3-5-24-6-4-15-37-32(24)30)21-31-38-19-29(40-31)26-7-1-2-8-28(26)35/h1-2,4,6-8,10-16,18-19,30H,3,5,9,17,20-21H2,(H,38,40)(H,39,42). The van der Waals surface area contributed by atoms with Gasteiger partial charge < -0.3 is 10.3 Å². The molecule has 1 unspecified atom stereocenters. The average molecular weight is 581 g/mol. The molecule has 0 radical (unpaired) electrons. The van der Waals surface area contributed by atoms with E-state index < -0.39 is 0 Å². The minimum atomic E-state index is -0.294. The van der Waals surface area contributed by atoms with Gasteiger partial charge in [-0.25, -0.2) is 9.37 Å². The third-order valence-electron chi connectivity index (χ3n) is 7.62. The maximum absolute atomic E-state index is 14.4. The fourth-order valence-electron chi connectivity index (χ4n) is 5.49. The van der Waals surface area contributed by atoms with E-state index in [2.05, 4.69) is 38.4 Å². The zero-order chi connectivity index (χ0) is 28.9. The molecule has 212 valence electrons. The second-order valence-corrected chi connectivity index (χ2v) is 10.8. The summed E-state index contributed by atoms with van der Waals surface area (Å²) >= 11 is 6.11. The number of carbonyl (C=O) groups is 1. The van der Waals surface area contributed by atoms with Gasteiger partial charge in [-0.05, 0) is 60.2 Å². The number of H-pyrrole nitrogens is 1. The fraction of sp³-hybridized carbons (Fsp3) is 0.212. The van der Waals surface area contributed by atoms with E-state index in [4.69, 9.17) is 21.6 Å². The Labute approximate surface area is 248 Å². The lowest BCUT2D eigenvalue weighted by atomic mass is 9.90. The normalized spacial score (nSPS) is 14.5. The monoisotopic (exact) mass is 580 g/mol. The highest BCUT2D eigenvalue weighted by molar-refractivity contribution is 6.33. The Morgan fingerprint density at radius 1 is 1.02 bits per heavy atom. The number of imidazole rings is 1. The first-order valence-corrected chi connectivity index (χ1v) is 14.4. The van der Waals surface area contributed by atoms with Crippen molar-refractivity contribution >= 4 is 17.5 Å². The van der Waals surface area contributed by atoms with E-state index in [-0.39, 0.29) is 17.8 Å². The quantitative estimate of drug-likeness (QED) is 0.203. The number of halogens is 2. The highest BCUT2D eigenvalue weighted by Crippen LogP contribution is 2.35. The number of hydrogen-bond acceptors (Lipinski definition) is 5. The van der Waals surface area contributed by atoms with Gasteiger partial charge in [-0.2, -0.15) is 0 Å². The summed E-state index contributed by atoms with van der Waals surface area (Å²) in [6, 6.07) is 20.8. The predicted molar refractivity (Wildman–Crippen MR) is 160 cm³/mol. The summed E-state index contributed by atoms with van der Waals surface area (Å²) < 4.78 is 14.4. The number of aromatic amines is 1. The van der Waals surface area contributed by atoms with Crippen LogP contribution >= 0.6 is 11.6 Å². The Morgan fingerprint density at radius 2 is 1.86 bits per heavy atom. The topological polar surface area (TPSA) is 86.8 Å². The minimum Gasteiger partial charge on any atom is -0.348 e. The van der Waals surface area contributed by atoms with E-state index >= 15 is 0 Å². The number of aryl methyl sites for hydroxylation is 1. The third kappa shape index (κ3) is 6.25. The number of hydrogen-bond donors (Lipinski definition) is 2. The lowest BCUT2D eigenvalue weighted by Gasteiger charge is -2.34. The average Bonchev–Trinajstić information content (AvgIpc) is 3.48. The van der Waals surface area contributed by atoms with Crippen molar-refractivity contribution in [2.24, 2.45) is 0 Å². The number of nitrogens with one attached hydrogen (secondary N) is 2. The molecule has 0 saturated heterocycles. The van der Waals surface area contributed by atoms with Crippen LogP contribution in [0.25, 0.3) is 11.3 Å². The summed E-state index contributed by atoms with van der Waals surface area (Å²) in [5, 5.41) is 3.24. The van der Waals surface area contributed by atoms with Crippen LogP contribution in [0.4, 0.5) is 4.39 Å². The largest absolute Gasteiger partial charge is 0.348 e. The van der Waals surface area contributed by atoms with Gasteiger partial charge in [0.2, 0.25) is 0 Å². The molecule has 6 rings (SSSR count). The number of pyridine rings is 2. The summed E-state index contributed by atoms with van der Waals surface area (Å²) in [6.45, 7) is 1.61. The van der Waals surface area contributed by atoms with Gasteiger partial charge in [0.1, 0.15) is 11.6 Å². The lowest BCUT2D eigenvalue weighted by molar-refractivity contribution is 0.0951. The van der Waals surface area contributed by atoms with Crippen LogP contribution in [-0.2, 0) is 26.1 Å². The number of fused-ring (bicyclic) bond motifs is 1. The van der Waals surface area contributed by atoms with Gasteiger partial charge in [-0.15, -0.1) is 0 Å². The molecule has 2 aromatic carbocycles. The predicted octanol–water partition coefficient (Wildman–Crippen LogP) is 6.67. The molecule has 1 aliphatic carbocycles. The van der Waals surface area contributed by atoms with Crippen molar-refractivity contribution in [1.29, 1.82) is 0 Å². The van der Waals surface area contributed by atoms with E-state index in [0.29, 0.717) is 41.5 Å². The van der Waals surface area contributed by atoms with Gasteiger partial charge in [0, 0.05) is 43.4 Å². The first-order chi connectivity index (χ1) is 20.5. The molecule has 1 amide bonds. The van der Waals surface area contributed by atoms with E-state index in [1.165, 1.54) is 17.8 Å². The van der Waals surface area contributed by atoms with Crippen molar-refractivity contribution in [3.05, 3.63) is 136 Å². The number of rotatable bonds is 9. The van der Waals surface area contributed by atoms with Crippen molar-refractivity contribution in [2.45, 2.75) is 44.9 Å². The van der Waals surface area contributed by atoms with Gasteiger partial charge in [0.15, 0.2) is 0 Å². The van der Waals surface area contributed by atoms with Crippen LogP contribution in [0.2, 0.25) is 5.02 Å². The first kappa shape index (κ1) is 27.8. The molecule has 1 atom stereocenters. The molecule has 0 aliphatic heterocycles. The summed E-state index contributed by atoms with van der Waals surface area (Å²) in [4.78, 5) is 31.7. The van der Waals surface area contributed by atoms with Crippen LogP contribution in [0, 0.1) is 5.82 Å². The molecular weight excluding hydrogens is 551 g/mol. The van der Waals surface area contributed by atoms with Gasteiger partial charge >= 0.3 is 0 Å². The Bertz CT molecular complexity index is 1690. The van der Waals surface area contributed by atoms with Crippen LogP contribution in [0.5, 0.6) is 0 Å². The molecule has 9 heteroatoms. The molecule has 2 N–H and O–H groups in total. The fourth-order valence-corrected chi connectivity index (χ4v) is 5.70. The zero-order valence-electron chi connectivity index (χ0n) is 22.9. The molecule has 0 fully saturated rings. The summed E-state index contributed by atoms with van der Waals surface area (Å²) in [5.74, 6) is 0.234. The zero-order valence-corrected chi connectivity index (χ0v) is 23.7. The molecule has 5 aromatic rings. The maximum Gasteiger partial charge on any atom is 0.253 e. The van der Waals surface area contributed by atoms with Crippen molar-refractivity contribution in [3.63, 3.8) is 0 Å². The molecule has 0 spiro atoms. The number of aromatic nitrogens is 4. The van der Waals surface area contributed by atoms with Crippen LogP contribution in [0.15, 0.2) is 91.5 Å². The highest BCUT2D eigenvalue weighted by Gasteiger charge is 2.28. The highest BCUT2D eigenvalue weighted by atomic mass is 35.5. The Morgan fingerprint density at radius 3 is 2.69 bits per heavy atom. The smallest absolute Gasteiger partial charge is 0.253 e. The van der Waals surface area contributed by atoms with Crippen LogP contribution in [-0.4, -0.2) is 30.7 Å². The van der Waals surface area contributed by atoms with Gasteiger partial charge in [-0.1, -0.05) is 54.1 Å². The van der Waals surface area contributed by atoms with Crippen molar-refractivity contribution in [2.75, 3.05) is 0 Å². The lowest BCUT2D eigenvalue weighted by Crippen LogP contribution is -2.31. The molecule has 42 heavy (non-hydrogen) atoms. The first-order valence-electron chi connectivity index (χ1n) is 14.0.